The number of methoxy groups -OCH3 is 1. The van der Waals surface area contributed by atoms with Gasteiger partial charge >= 0.3 is 0 Å². The number of rotatable bonds is 5. The Balaban J connectivity index is 2.17. The summed E-state index contributed by atoms with van der Waals surface area (Å²) < 4.78 is 10.8. The molecule has 0 saturated carbocycles. The Morgan fingerprint density at radius 3 is 2.71 bits per heavy atom. The number of aliphatic hydroxyl groups excluding tert-OH is 1. The maximum atomic E-state index is 9.32. The number of benzene rings is 2. The normalized spacial score (nSPS) is 10.0. The molecule has 0 fully saturated rings. The Labute approximate surface area is 128 Å². The number of ether oxygens (including phenoxy) is 2. The molecule has 0 amide bonds. The van der Waals surface area contributed by atoms with Gasteiger partial charge in [-0.25, -0.2) is 0 Å². The first-order chi connectivity index (χ1) is 10.2. The molecule has 4 nitrogen and oxygen atoms in total. The largest absolute Gasteiger partial charge is 0.495 e. The summed E-state index contributed by atoms with van der Waals surface area (Å²) in [4.78, 5) is 0. The highest BCUT2D eigenvalue weighted by Crippen LogP contribution is 2.27. The van der Waals surface area contributed by atoms with Gasteiger partial charge in [-0.2, -0.15) is 5.26 Å². The van der Waals surface area contributed by atoms with E-state index in [4.69, 9.17) is 26.3 Å². The van der Waals surface area contributed by atoms with E-state index >= 15 is 0 Å². The van der Waals surface area contributed by atoms with E-state index in [9.17, 15) is 5.11 Å². The van der Waals surface area contributed by atoms with Crippen LogP contribution in [-0.2, 0) is 13.2 Å². The minimum atomic E-state index is -0.193. The van der Waals surface area contributed by atoms with Crippen LogP contribution >= 0.6 is 11.6 Å². The summed E-state index contributed by atoms with van der Waals surface area (Å²) in [5.74, 6) is 1.05. The van der Waals surface area contributed by atoms with Crippen LogP contribution in [0.2, 0.25) is 5.02 Å². The summed E-state index contributed by atoms with van der Waals surface area (Å²) in [6, 6.07) is 12.5. The first-order valence-electron chi connectivity index (χ1n) is 6.27. The van der Waals surface area contributed by atoms with Gasteiger partial charge in [-0.1, -0.05) is 23.7 Å². The first kappa shape index (κ1) is 15.2. The number of hydrogen-bond donors (Lipinski definition) is 1. The molecule has 2 aromatic carbocycles. The summed E-state index contributed by atoms with van der Waals surface area (Å²) in [5, 5.41) is 18.8. The van der Waals surface area contributed by atoms with Gasteiger partial charge in [0, 0.05) is 10.6 Å². The molecule has 5 heteroatoms. The second-order valence-corrected chi connectivity index (χ2v) is 4.72. The number of nitrogens with zero attached hydrogens (tertiary/aromatic N) is 1. The lowest BCUT2D eigenvalue weighted by Gasteiger charge is -2.12. The standard InChI is InChI=1S/C16H14ClNO3/c1-20-15-6-5-11(7-12(15)8-18)10-21-16-4-2-3-14(17)13(16)9-19/h2-7,19H,9-10H2,1H3. The molecule has 0 heterocycles. The third-order valence-corrected chi connectivity index (χ3v) is 3.37. The van der Waals surface area contributed by atoms with Crippen molar-refractivity contribution in [1.29, 1.82) is 5.26 Å². The average Bonchev–Trinajstić information content (AvgIpc) is 2.52. The number of hydrogen-bond acceptors (Lipinski definition) is 4. The third-order valence-electron chi connectivity index (χ3n) is 3.01. The van der Waals surface area contributed by atoms with E-state index in [0.29, 0.717) is 27.6 Å². The molecule has 2 aromatic rings. The molecule has 2 rings (SSSR count). The van der Waals surface area contributed by atoms with Crippen molar-refractivity contribution in [2.75, 3.05) is 7.11 Å². The Hall–Kier alpha value is -2.22. The lowest BCUT2D eigenvalue weighted by atomic mass is 10.1. The smallest absolute Gasteiger partial charge is 0.136 e. The summed E-state index contributed by atoms with van der Waals surface area (Å²) in [6.07, 6.45) is 0. The molecule has 0 unspecified atom stereocenters. The van der Waals surface area contributed by atoms with E-state index < -0.39 is 0 Å². The highest BCUT2D eigenvalue weighted by atomic mass is 35.5. The maximum Gasteiger partial charge on any atom is 0.136 e. The van der Waals surface area contributed by atoms with Gasteiger partial charge in [0.1, 0.15) is 24.2 Å². The van der Waals surface area contributed by atoms with E-state index in [0.717, 1.165) is 5.56 Å². The van der Waals surface area contributed by atoms with Crippen molar-refractivity contribution in [3.63, 3.8) is 0 Å². The molecule has 108 valence electrons. The molecule has 0 radical (unpaired) electrons. The maximum absolute atomic E-state index is 9.32. The second-order valence-electron chi connectivity index (χ2n) is 4.31. The predicted molar refractivity (Wildman–Crippen MR) is 79.4 cm³/mol. The molecule has 0 aliphatic heterocycles. The van der Waals surface area contributed by atoms with Crippen LogP contribution in [0.5, 0.6) is 11.5 Å². The molecule has 0 aliphatic carbocycles. The van der Waals surface area contributed by atoms with Crippen molar-refractivity contribution in [2.24, 2.45) is 0 Å². The molecule has 0 saturated heterocycles. The van der Waals surface area contributed by atoms with Crippen molar-refractivity contribution in [2.45, 2.75) is 13.2 Å². The van der Waals surface area contributed by atoms with Gasteiger partial charge < -0.3 is 14.6 Å². The number of aliphatic hydroxyl groups is 1. The van der Waals surface area contributed by atoms with E-state index in [1.54, 1.807) is 30.3 Å². The lowest BCUT2D eigenvalue weighted by Crippen LogP contribution is -2.00. The zero-order chi connectivity index (χ0) is 15.2. The molecule has 0 aliphatic rings. The van der Waals surface area contributed by atoms with Crippen molar-refractivity contribution in [3.05, 3.63) is 58.1 Å². The van der Waals surface area contributed by atoms with Crippen molar-refractivity contribution in [1.82, 2.24) is 0 Å². The van der Waals surface area contributed by atoms with E-state index in [-0.39, 0.29) is 13.2 Å². The highest BCUT2D eigenvalue weighted by Gasteiger charge is 2.08. The fourth-order valence-electron chi connectivity index (χ4n) is 1.92. The Kier molecular flexibility index (Phi) is 5.04. The Morgan fingerprint density at radius 2 is 2.05 bits per heavy atom. The summed E-state index contributed by atoms with van der Waals surface area (Å²) in [7, 11) is 1.52. The van der Waals surface area contributed by atoms with Gasteiger partial charge in [0.2, 0.25) is 0 Å². The van der Waals surface area contributed by atoms with Crippen LogP contribution in [0.4, 0.5) is 0 Å². The van der Waals surface area contributed by atoms with E-state index in [1.807, 2.05) is 6.07 Å². The van der Waals surface area contributed by atoms with Gasteiger partial charge in [-0.05, 0) is 29.8 Å². The predicted octanol–water partition coefficient (Wildman–Crippen LogP) is 3.29. The zero-order valence-corrected chi connectivity index (χ0v) is 12.2. The topological polar surface area (TPSA) is 62.5 Å². The van der Waals surface area contributed by atoms with Gasteiger partial charge in [0.25, 0.3) is 0 Å². The molecule has 0 aromatic heterocycles. The molecule has 0 atom stereocenters. The lowest BCUT2D eigenvalue weighted by molar-refractivity contribution is 0.259. The van der Waals surface area contributed by atoms with Gasteiger partial charge in [0.05, 0.1) is 19.3 Å². The Bertz CT molecular complexity index is 680. The van der Waals surface area contributed by atoms with E-state index in [2.05, 4.69) is 6.07 Å². The monoisotopic (exact) mass is 303 g/mol. The third kappa shape index (κ3) is 3.46. The zero-order valence-electron chi connectivity index (χ0n) is 11.5. The van der Waals surface area contributed by atoms with Crippen molar-refractivity contribution >= 4 is 11.6 Å². The highest BCUT2D eigenvalue weighted by molar-refractivity contribution is 6.31. The van der Waals surface area contributed by atoms with Crippen LogP contribution in [0, 0.1) is 11.3 Å². The van der Waals surface area contributed by atoms with Gasteiger partial charge in [-0.15, -0.1) is 0 Å². The summed E-state index contributed by atoms with van der Waals surface area (Å²) in [6.45, 7) is 0.0765. The number of halogens is 1. The molecule has 1 N–H and O–H groups in total. The van der Waals surface area contributed by atoms with Gasteiger partial charge in [0.15, 0.2) is 0 Å². The van der Waals surface area contributed by atoms with Gasteiger partial charge in [-0.3, -0.25) is 0 Å². The fourth-order valence-corrected chi connectivity index (χ4v) is 2.15. The quantitative estimate of drug-likeness (QED) is 0.920. The minimum Gasteiger partial charge on any atom is -0.495 e. The minimum absolute atomic E-state index is 0.193. The molecular weight excluding hydrogens is 290 g/mol. The van der Waals surface area contributed by atoms with Crippen LogP contribution in [0.15, 0.2) is 36.4 Å². The van der Waals surface area contributed by atoms with Crippen LogP contribution in [-0.4, -0.2) is 12.2 Å². The summed E-state index contributed by atoms with van der Waals surface area (Å²) >= 11 is 6.00. The van der Waals surface area contributed by atoms with Crippen molar-refractivity contribution < 1.29 is 14.6 Å². The van der Waals surface area contributed by atoms with Crippen LogP contribution in [0.25, 0.3) is 0 Å². The fraction of sp³-hybridized carbons (Fsp3) is 0.188. The molecule has 0 bridgehead atoms. The molecule has 0 spiro atoms. The summed E-state index contributed by atoms with van der Waals surface area (Å²) in [5.41, 5.74) is 1.83. The van der Waals surface area contributed by atoms with E-state index in [1.165, 1.54) is 7.11 Å². The number of nitriles is 1. The van der Waals surface area contributed by atoms with Crippen LogP contribution < -0.4 is 9.47 Å². The molecule has 21 heavy (non-hydrogen) atoms. The van der Waals surface area contributed by atoms with Crippen LogP contribution in [0.1, 0.15) is 16.7 Å². The average molecular weight is 304 g/mol. The Morgan fingerprint density at radius 1 is 1.24 bits per heavy atom. The first-order valence-corrected chi connectivity index (χ1v) is 6.65. The van der Waals surface area contributed by atoms with Crippen LogP contribution in [0.3, 0.4) is 0 Å². The second kappa shape index (κ2) is 6.98. The van der Waals surface area contributed by atoms with Crippen molar-refractivity contribution in [3.8, 4) is 17.6 Å². The molecular formula is C16H14ClNO3. The SMILES string of the molecule is COc1ccc(COc2cccc(Cl)c2CO)cc1C#N.